The fourth-order valence-electron chi connectivity index (χ4n) is 2.08. The highest BCUT2D eigenvalue weighted by atomic mass is 16.5. The smallest absolute Gasteiger partial charge is 0.318 e. The van der Waals surface area contributed by atoms with Gasteiger partial charge in [-0.25, -0.2) is 0 Å². The molecule has 1 atom stereocenters. The van der Waals surface area contributed by atoms with E-state index in [0.29, 0.717) is 6.54 Å². The third-order valence-electron chi connectivity index (χ3n) is 2.95. The molecule has 1 fully saturated rings. The Morgan fingerprint density at radius 2 is 2.07 bits per heavy atom. The number of esters is 1. The number of amides is 1. The van der Waals surface area contributed by atoms with Crippen LogP contribution in [0.4, 0.5) is 0 Å². The van der Waals surface area contributed by atoms with E-state index < -0.39 is 11.9 Å². The first-order valence-electron chi connectivity index (χ1n) is 5.19. The van der Waals surface area contributed by atoms with Crippen LogP contribution in [0.25, 0.3) is 0 Å². The van der Waals surface area contributed by atoms with Crippen molar-refractivity contribution in [3.63, 3.8) is 0 Å². The van der Waals surface area contributed by atoms with Crippen LogP contribution in [-0.2, 0) is 14.3 Å². The van der Waals surface area contributed by atoms with Crippen LogP contribution >= 0.6 is 0 Å². The van der Waals surface area contributed by atoms with Gasteiger partial charge in [0, 0.05) is 18.0 Å². The van der Waals surface area contributed by atoms with E-state index >= 15 is 0 Å². The monoisotopic (exact) mass is 213 g/mol. The van der Waals surface area contributed by atoms with Gasteiger partial charge in [-0.3, -0.25) is 9.59 Å². The van der Waals surface area contributed by atoms with Crippen LogP contribution in [-0.4, -0.2) is 36.5 Å². The normalized spacial score (nSPS) is 24.8. The van der Waals surface area contributed by atoms with Crippen molar-refractivity contribution in [1.29, 1.82) is 0 Å². The molecule has 1 rings (SSSR count). The first kappa shape index (κ1) is 12.0. The van der Waals surface area contributed by atoms with Crippen LogP contribution in [0.1, 0.15) is 27.7 Å². The first-order valence-corrected chi connectivity index (χ1v) is 5.19. The van der Waals surface area contributed by atoms with Crippen molar-refractivity contribution in [3.05, 3.63) is 0 Å². The van der Waals surface area contributed by atoms with Gasteiger partial charge in [-0.15, -0.1) is 0 Å². The van der Waals surface area contributed by atoms with Gasteiger partial charge in [-0.05, 0) is 13.8 Å². The van der Waals surface area contributed by atoms with Gasteiger partial charge >= 0.3 is 5.97 Å². The minimum absolute atomic E-state index is 0.109. The summed E-state index contributed by atoms with van der Waals surface area (Å²) in [5, 5.41) is 0. The van der Waals surface area contributed by atoms with Gasteiger partial charge in [0.05, 0.1) is 7.11 Å². The summed E-state index contributed by atoms with van der Waals surface area (Å²) >= 11 is 0. The average Bonchev–Trinajstić information content (AvgIpc) is 2.36. The van der Waals surface area contributed by atoms with E-state index in [1.54, 1.807) is 4.90 Å². The van der Waals surface area contributed by atoms with Crippen molar-refractivity contribution in [2.75, 3.05) is 13.7 Å². The molecule has 4 nitrogen and oxygen atoms in total. The molecule has 1 amide bonds. The van der Waals surface area contributed by atoms with Crippen LogP contribution in [0.3, 0.4) is 0 Å². The molecule has 0 N–H and O–H groups in total. The van der Waals surface area contributed by atoms with E-state index in [1.165, 1.54) is 7.11 Å². The van der Waals surface area contributed by atoms with Crippen molar-refractivity contribution in [1.82, 2.24) is 4.90 Å². The number of carbonyl (C=O) groups is 2. The van der Waals surface area contributed by atoms with E-state index in [1.807, 2.05) is 27.7 Å². The van der Waals surface area contributed by atoms with Crippen molar-refractivity contribution >= 4 is 11.9 Å². The van der Waals surface area contributed by atoms with E-state index in [2.05, 4.69) is 4.74 Å². The van der Waals surface area contributed by atoms with Crippen LogP contribution in [0.15, 0.2) is 0 Å². The standard InChI is InChI=1S/C11H19NO3/c1-7(2)12-6-11(3,4)8(9(12)13)10(14)15-5/h7-8H,6H2,1-5H3. The minimum atomic E-state index is -0.648. The molecule has 4 heteroatoms. The molecule has 0 aromatic heterocycles. The molecule has 0 aromatic carbocycles. The Balaban J connectivity index is 2.97. The minimum Gasteiger partial charge on any atom is -0.468 e. The Hall–Kier alpha value is -1.06. The number of likely N-dealkylation sites (tertiary alicyclic amines) is 1. The van der Waals surface area contributed by atoms with Crippen LogP contribution in [0, 0.1) is 11.3 Å². The van der Waals surface area contributed by atoms with Gasteiger partial charge in [0.2, 0.25) is 5.91 Å². The molecule has 0 aromatic rings. The number of ether oxygens (including phenoxy) is 1. The topological polar surface area (TPSA) is 46.6 Å². The molecule has 0 saturated carbocycles. The van der Waals surface area contributed by atoms with Crippen LogP contribution < -0.4 is 0 Å². The lowest BCUT2D eigenvalue weighted by Gasteiger charge is -2.23. The Morgan fingerprint density at radius 3 is 2.40 bits per heavy atom. The molecule has 0 aliphatic carbocycles. The molecule has 0 bridgehead atoms. The zero-order chi connectivity index (χ0) is 11.8. The Bertz CT molecular complexity index is 284. The van der Waals surface area contributed by atoms with Gasteiger partial charge in [-0.1, -0.05) is 13.8 Å². The fourth-order valence-corrected chi connectivity index (χ4v) is 2.08. The maximum atomic E-state index is 12.0. The number of carbonyl (C=O) groups excluding carboxylic acids is 2. The highest BCUT2D eigenvalue weighted by Gasteiger charge is 2.51. The summed E-state index contributed by atoms with van der Waals surface area (Å²) in [6, 6.07) is 0.131. The van der Waals surface area contributed by atoms with Crippen LogP contribution in [0.5, 0.6) is 0 Å². The van der Waals surface area contributed by atoms with Crippen molar-refractivity contribution in [2.45, 2.75) is 33.7 Å². The van der Waals surface area contributed by atoms with Crippen molar-refractivity contribution < 1.29 is 14.3 Å². The fraction of sp³-hybridized carbons (Fsp3) is 0.818. The number of hydrogen-bond donors (Lipinski definition) is 0. The van der Waals surface area contributed by atoms with Gasteiger partial charge < -0.3 is 9.64 Å². The van der Waals surface area contributed by atoms with Gasteiger partial charge in [0.25, 0.3) is 0 Å². The van der Waals surface area contributed by atoms with E-state index in [-0.39, 0.29) is 17.4 Å². The van der Waals surface area contributed by atoms with E-state index in [4.69, 9.17) is 0 Å². The summed E-state index contributed by atoms with van der Waals surface area (Å²) in [6.07, 6.45) is 0. The second kappa shape index (κ2) is 3.83. The lowest BCUT2D eigenvalue weighted by atomic mass is 9.82. The molecular formula is C11H19NO3. The molecule has 15 heavy (non-hydrogen) atoms. The third kappa shape index (κ3) is 1.98. The van der Waals surface area contributed by atoms with Gasteiger partial charge in [0.15, 0.2) is 0 Å². The van der Waals surface area contributed by atoms with Crippen molar-refractivity contribution in [2.24, 2.45) is 11.3 Å². The highest BCUT2D eigenvalue weighted by molar-refractivity contribution is 6.00. The van der Waals surface area contributed by atoms with Gasteiger partial charge in [0.1, 0.15) is 5.92 Å². The molecule has 0 radical (unpaired) electrons. The number of nitrogens with zero attached hydrogens (tertiary/aromatic N) is 1. The SMILES string of the molecule is COC(=O)C1C(=O)N(C(C)C)CC1(C)C. The Morgan fingerprint density at radius 1 is 1.53 bits per heavy atom. The average molecular weight is 213 g/mol. The van der Waals surface area contributed by atoms with Crippen LogP contribution in [0.2, 0.25) is 0 Å². The largest absolute Gasteiger partial charge is 0.468 e. The number of methoxy groups -OCH3 is 1. The third-order valence-corrected chi connectivity index (χ3v) is 2.95. The quantitative estimate of drug-likeness (QED) is 0.509. The predicted molar refractivity (Wildman–Crippen MR) is 56.1 cm³/mol. The Kier molecular flexibility index (Phi) is 3.07. The zero-order valence-corrected chi connectivity index (χ0v) is 10.0. The summed E-state index contributed by atoms with van der Waals surface area (Å²) in [5.74, 6) is -1.18. The first-order chi connectivity index (χ1) is 6.81. The zero-order valence-electron chi connectivity index (χ0n) is 10.0. The summed E-state index contributed by atoms with van der Waals surface area (Å²) in [7, 11) is 1.32. The summed E-state index contributed by atoms with van der Waals surface area (Å²) in [6.45, 7) is 8.37. The Labute approximate surface area is 90.6 Å². The summed E-state index contributed by atoms with van der Waals surface area (Å²) in [4.78, 5) is 25.3. The molecule has 1 saturated heterocycles. The molecule has 1 unspecified atom stereocenters. The molecule has 1 aliphatic heterocycles. The summed E-state index contributed by atoms with van der Waals surface area (Å²) < 4.78 is 4.68. The lowest BCUT2D eigenvalue weighted by molar-refractivity contribution is -0.153. The summed E-state index contributed by atoms with van der Waals surface area (Å²) in [5.41, 5.74) is -0.339. The molecular weight excluding hydrogens is 194 g/mol. The predicted octanol–water partition coefficient (Wildman–Crippen LogP) is 1.05. The number of rotatable bonds is 2. The molecule has 1 heterocycles. The number of hydrogen-bond acceptors (Lipinski definition) is 3. The molecule has 86 valence electrons. The second-order valence-corrected chi connectivity index (χ2v) is 5.00. The maximum Gasteiger partial charge on any atom is 0.318 e. The van der Waals surface area contributed by atoms with Crippen molar-refractivity contribution in [3.8, 4) is 0 Å². The lowest BCUT2D eigenvalue weighted by Crippen LogP contribution is -2.36. The second-order valence-electron chi connectivity index (χ2n) is 5.00. The van der Waals surface area contributed by atoms with Gasteiger partial charge in [-0.2, -0.15) is 0 Å². The van der Waals surface area contributed by atoms with E-state index in [0.717, 1.165) is 0 Å². The van der Waals surface area contributed by atoms with E-state index in [9.17, 15) is 9.59 Å². The maximum absolute atomic E-state index is 12.0. The molecule has 0 spiro atoms. The molecule has 1 aliphatic rings. The highest BCUT2D eigenvalue weighted by Crippen LogP contribution is 2.37.